The number of anilines is 2. The van der Waals surface area contributed by atoms with Crippen LogP contribution in [0.15, 0.2) is 42.7 Å². The molecule has 0 aliphatic rings. The van der Waals surface area contributed by atoms with Gasteiger partial charge in [-0.25, -0.2) is 8.42 Å². The van der Waals surface area contributed by atoms with Crippen molar-refractivity contribution >= 4 is 21.4 Å². The Morgan fingerprint density at radius 3 is 2.65 bits per heavy atom. The number of nitrogens with zero attached hydrogens (tertiary/aromatic N) is 1. The monoisotopic (exact) mass is 291 g/mol. The van der Waals surface area contributed by atoms with Gasteiger partial charge in [-0.2, -0.15) is 0 Å². The van der Waals surface area contributed by atoms with Crippen LogP contribution in [0.4, 0.5) is 11.4 Å². The maximum Gasteiger partial charge on any atom is 0.229 e. The quantitative estimate of drug-likeness (QED) is 0.887. The van der Waals surface area contributed by atoms with E-state index in [1.54, 1.807) is 24.4 Å². The third kappa shape index (κ3) is 4.24. The molecular formula is C14H17N3O2S. The average molecular weight is 291 g/mol. The number of benzene rings is 1. The number of hydrogen-bond donors (Lipinski definition) is 2. The minimum Gasteiger partial charge on any atom is -0.381 e. The van der Waals surface area contributed by atoms with E-state index in [4.69, 9.17) is 0 Å². The van der Waals surface area contributed by atoms with Crippen LogP contribution in [0.5, 0.6) is 0 Å². The lowest BCUT2D eigenvalue weighted by Gasteiger charge is -2.10. The molecule has 0 radical (unpaired) electrons. The highest BCUT2D eigenvalue weighted by molar-refractivity contribution is 7.92. The number of aryl methyl sites for hydroxylation is 1. The van der Waals surface area contributed by atoms with E-state index in [9.17, 15) is 8.42 Å². The lowest BCUT2D eigenvalue weighted by Crippen LogP contribution is -2.09. The lowest BCUT2D eigenvalue weighted by atomic mass is 10.1. The summed E-state index contributed by atoms with van der Waals surface area (Å²) < 4.78 is 24.8. The Hall–Kier alpha value is -2.08. The van der Waals surface area contributed by atoms with E-state index in [-0.39, 0.29) is 0 Å². The van der Waals surface area contributed by atoms with Crippen molar-refractivity contribution in [2.24, 2.45) is 0 Å². The number of rotatable bonds is 5. The SMILES string of the molecule is Cc1ccncc1CNc1cccc(NS(C)(=O)=O)c1. The van der Waals surface area contributed by atoms with Gasteiger partial charge in [0, 0.05) is 24.6 Å². The fourth-order valence-electron chi connectivity index (χ4n) is 1.79. The van der Waals surface area contributed by atoms with Gasteiger partial charge in [0.2, 0.25) is 10.0 Å². The van der Waals surface area contributed by atoms with Crippen molar-refractivity contribution in [2.75, 3.05) is 16.3 Å². The van der Waals surface area contributed by atoms with Crippen LogP contribution in [0.25, 0.3) is 0 Å². The summed E-state index contributed by atoms with van der Waals surface area (Å²) in [6, 6.07) is 9.11. The van der Waals surface area contributed by atoms with Crippen LogP contribution in [0.2, 0.25) is 0 Å². The summed E-state index contributed by atoms with van der Waals surface area (Å²) in [4.78, 5) is 4.09. The summed E-state index contributed by atoms with van der Waals surface area (Å²) in [7, 11) is -3.26. The van der Waals surface area contributed by atoms with Gasteiger partial charge in [0.1, 0.15) is 0 Å². The van der Waals surface area contributed by atoms with E-state index < -0.39 is 10.0 Å². The van der Waals surface area contributed by atoms with Gasteiger partial charge in [0.15, 0.2) is 0 Å². The summed E-state index contributed by atoms with van der Waals surface area (Å²) in [5.74, 6) is 0. The Morgan fingerprint density at radius 2 is 1.95 bits per heavy atom. The van der Waals surface area contributed by atoms with Crippen molar-refractivity contribution in [1.29, 1.82) is 0 Å². The van der Waals surface area contributed by atoms with Crippen molar-refractivity contribution in [3.8, 4) is 0 Å². The van der Waals surface area contributed by atoms with Gasteiger partial charge in [0.05, 0.1) is 11.9 Å². The van der Waals surface area contributed by atoms with Crippen molar-refractivity contribution in [3.05, 3.63) is 53.9 Å². The molecule has 6 heteroatoms. The second kappa shape index (κ2) is 5.92. The van der Waals surface area contributed by atoms with Gasteiger partial charge >= 0.3 is 0 Å². The predicted molar refractivity (Wildman–Crippen MR) is 81.2 cm³/mol. The Morgan fingerprint density at radius 1 is 1.20 bits per heavy atom. The molecule has 0 fully saturated rings. The fourth-order valence-corrected chi connectivity index (χ4v) is 2.34. The summed E-state index contributed by atoms with van der Waals surface area (Å²) in [6.45, 7) is 2.67. The zero-order valence-corrected chi connectivity index (χ0v) is 12.2. The molecule has 20 heavy (non-hydrogen) atoms. The molecule has 2 aromatic rings. The number of aromatic nitrogens is 1. The van der Waals surface area contributed by atoms with E-state index in [0.717, 1.165) is 23.1 Å². The number of pyridine rings is 1. The minimum absolute atomic E-state index is 0.542. The third-order valence-corrected chi connectivity index (χ3v) is 3.40. The first-order valence-electron chi connectivity index (χ1n) is 6.15. The summed E-state index contributed by atoms with van der Waals surface area (Å²) in [6.07, 6.45) is 4.71. The molecule has 0 aliphatic heterocycles. The normalized spacial score (nSPS) is 11.1. The molecule has 0 saturated carbocycles. The summed E-state index contributed by atoms with van der Waals surface area (Å²) in [5, 5.41) is 3.25. The molecule has 1 aromatic carbocycles. The summed E-state index contributed by atoms with van der Waals surface area (Å²) in [5.41, 5.74) is 3.66. The number of sulfonamides is 1. The van der Waals surface area contributed by atoms with Crippen LogP contribution >= 0.6 is 0 Å². The maximum absolute atomic E-state index is 11.2. The molecule has 106 valence electrons. The molecule has 0 saturated heterocycles. The molecule has 1 aromatic heterocycles. The Balaban J connectivity index is 2.07. The second-order valence-electron chi connectivity index (χ2n) is 4.61. The first kappa shape index (κ1) is 14.3. The molecule has 0 unspecified atom stereocenters. The highest BCUT2D eigenvalue weighted by Gasteiger charge is 2.03. The van der Waals surface area contributed by atoms with Crippen LogP contribution in [0, 0.1) is 6.92 Å². The van der Waals surface area contributed by atoms with Crippen LogP contribution in [-0.2, 0) is 16.6 Å². The van der Waals surface area contributed by atoms with E-state index in [1.165, 1.54) is 0 Å². The largest absolute Gasteiger partial charge is 0.381 e. The van der Waals surface area contributed by atoms with Crippen molar-refractivity contribution in [2.45, 2.75) is 13.5 Å². The Labute approximate surface area is 119 Å². The highest BCUT2D eigenvalue weighted by Crippen LogP contribution is 2.17. The van der Waals surface area contributed by atoms with E-state index in [0.29, 0.717) is 12.2 Å². The molecule has 2 N–H and O–H groups in total. The van der Waals surface area contributed by atoms with Gasteiger partial charge < -0.3 is 5.32 Å². The van der Waals surface area contributed by atoms with Gasteiger partial charge in [-0.15, -0.1) is 0 Å². The first-order valence-corrected chi connectivity index (χ1v) is 8.04. The predicted octanol–water partition coefficient (Wildman–Crippen LogP) is 2.37. The van der Waals surface area contributed by atoms with Crippen molar-refractivity contribution in [3.63, 3.8) is 0 Å². The topological polar surface area (TPSA) is 71.1 Å². The fraction of sp³-hybridized carbons (Fsp3) is 0.214. The average Bonchev–Trinajstić information content (AvgIpc) is 2.36. The molecule has 2 rings (SSSR count). The second-order valence-corrected chi connectivity index (χ2v) is 6.36. The Kier molecular flexibility index (Phi) is 4.24. The zero-order chi connectivity index (χ0) is 14.6. The Bertz CT molecular complexity index is 699. The lowest BCUT2D eigenvalue weighted by molar-refractivity contribution is 0.607. The third-order valence-electron chi connectivity index (χ3n) is 2.80. The molecule has 0 atom stereocenters. The van der Waals surface area contributed by atoms with Crippen LogP contribution in [0.1, 0.15) is 11.1 Å². The van der Waals surface area contributed by atoms with Crippen LogP contribution in [0.3, 0.4) is 0 Å². The van der Waals surface area contributed by atoms with Gasteiger partial charge in [-0.1, -0.05) is 6.07 Å². The van der Waals surface area contributed by atoms with Crippen molar-refractivity contribution < 1.29 is 8.42 Å². The zero-order valence-electron chi connectivity index (χ0n) is 11.4. The molecule has 0 aliphatic carbocycles. The van der Waals surface area contributed by atoms with Gasteiger partial charge in [-0.3, -0.25) is 9.71 Å². The number of nitrogens with one attached hydrogen (secondary N) is 2. The molecular weight excluding hydrogens is 274 g/mol. The van der Waals surface area contributed by atoms with Gasteiger partial charge in [-0.05, 0) is 42.3 Å². The van der Waals surface area contributed by atoms with Crippen molar-refractivity contribution in [1.82, 2.24) is 4.98 Å². The van der Waals surface area contributed by atoms with E-state index in [2.05, 4.69) is 15.0 Å². The molecule has 0 amide bonds. The molecule has 0 spiro atoms. The highest BCUT2D eigenvalue weighted by atomic mass is 32.2. The van der Waals surface area contributed by atoms with Crippen LogP contribution in [-0.4, -0.2) is 19.7 Å². The first-order chi connectivity index (χ1) is 9.44. The van der Waals surface area contributed by atoms with E-state index >= 15 is 0 Å². The van der Waals surface area contributed by atoms with E-state index in [1.807, 2.05) is 25.3 Å². The molecule has 1 heterocycles. The number of hydrogen-bond acceptors (Lipinski definition) is 4. The van der Waals surface area contributed by atoms with Crippen LogP contribution < -0.4 is 10.0 Å². The molecule has 5 nitrogen and oxygen atoms in total. The summed E-state index contributed by atoms with van der Waals surface area (Å²) >= 11 is 0. The standard InChI is InChI=1S/C14H17N3O2S/c1-11-6-7-15-9-12(11)10-16-13-4-3-5-14(8-13)17-20(2,18)19/h3-9,16-17H,10H2,1-2H3. The minimum atomic E-state index is -3.26. The maximum atomic E-state index is 11.2. The van der Waals surface area contributed by atoms with Gasteiger partial charge in [0.25, 0.3) is 0 Å². The smallest absolute Gasteiger partial charge is 0.229 e. The molecule has 0 bridgehead atoms.